The molecule has 4 nitrogen and oxygen atoms in total. The monoisotopic (exact) mass is 263 g/mol. The minimum atomic E-state index is -2.77. The van der Waals surface area contributed by atoms with Crippen molar-refractivity contribution in [1.82, 2.24) is 5.32 Å². The first-order valence-corrected chi connectivity index (χ1v) is 8.23. The van der Waals surface area contributed by atoms with Crippen molar-refractivity contribution in [3.05, 3.63) is 0 Å². The van der Waals surface area contributed by atoms with Crippen LogP contribution >= 0.6 is 0 Å². The highest BCUT2D eigenvalue weighted by Crippen LogP contribution is 2.28. The van der Waals surface area contributed by atoms with E-state index in [4.69, 9.17) is 4.74 Å². The summed E-state index contributed by atoms with van der Waals surface area (Å²) in [5.74, 6) is 1.45. The smallest absolute Gasteiger partial charge is 0.150 e. The summed E-state index contributed by atoms with van der Waals surface area (Å²) in [4.78, 5) is 0. The van der Waals surface area contributed by atoms with E-state index in [0.29, 0.717) is 23.3 Å². The molecule has 2 atom stereocenters. The van der Waals surface area contributed by atoms with Crippen LogP contribution in [0.3, 0.4) is 0 Å². The van der Waals surface area contributed by atoms with Crippen LogP contribution in [0.1, 0.15) is 26.7 Å². The van der Waals surface area contributed by atoms with Gasteiger partial charge < -0.3 is 10.1 Å². The second-order valence-electron chi connectivity index (χ2n) is 5.19. The van der Waals surface area contributed by atoms with E-state index in [1.54, 1.807) is 0 Å². The van der Waals surface area contributed by atoms with E-state index in [-0.39, 0.29) is 6.10 Å². The lowest BCUT2D eigenvalue weighted by atomic mass is 9.89. The van der Waals surface area contributed by atoms with Crippen molar-refractivity contribution in [2.75, 3.05) is 31.7 Å². The Labute approximate surface area is 105 Å². The van der Waals surface area contributed by atoms with Crippen molar-refractivity contribution in [3.8, 4) is 0 Å². The third-order valence-electron chi connectivity index (χ3n) is 3.34. The largest absolute Gasteiger partial charge is 0.379 e. The van der Waals surface area contributed by atoms with Gasteiger partial charge in [-0.05, 0) is 52.1 Å². The molecule has 1 rings (SSSR count). The average Bonchev–Trinajstić information content (AvgIpc) is 2.57. The first-order chi connectivity index (χ1) is 7.94. The van der Waals surface area contributed by atoms with Crippen LogP contribution in [0, 0.1) is 11.8 Å². The summed E-state index contributed by atoms with van der Waals surface area (Å²) >= 11 is 0. The van der Waals surface area contributed by atoms with E-state index in [9.17, 15) is 8.42 Å². The Morgan fingerprint density at radius 3 is 2.59 bits per heavy atom. The number of hydrogen-bond donors (Lipinski definition) is 1. The second kappa shape index (κ2) is 6.71. The van der Waals surface area contributed by atoms with Gasteiger partial charge in [-0.15, -0.1) is 0 Å². The molecule has 2 unspecified atom stereocenters. The molecule has 0 aromatic rings. The van der Waals surface area contributed by atoms with Crippen molar-refractivity contribution >= 4 is 9.84 Å². The Morgan fingerprint density at radius 1 is 1.41 bits per heavy atom. The molecule has 102 valence electrons. The molecular formula is C12H25NO3S. The Bertz CT molecular complexity index is 314. The van der Waals surface area contributed by atoms with Crippen molar-refractivity contribution in [2.45, 2.75) is 32.8 Å². The predicted octanol–water partition coefficient (Wildman–Crippen LogP) is 1.07. The number of ether oxygens (including phenoxy) is 1. The summed E-state index contributed by atoms with van der Waals surface area (Å²) in [6.07, 6.45) is 2.01. The maximum Gasteiger partial charge on any atom is 0.150 e. The molecule has 1 aliphatic rings. The summed E-state index contributed by atoms with van der Waals surface area (Å²) in [7, 11) is -0.852. The first kappa shape index (κ1) is 14.9. The van der Waals surface area contributed by atoms with Crippen molar-refractivity contribution in [3.63, 3.8) is 0 Å². The standard InChI is InChI=1S/C12H25NO3S/c1-10(2)16-6-4-11(8-13-3)12-5-7-17(14,15)9-12/h10-13H,4-9H2,1-3H3. The van der Waals surface area contributed by atoms with Crippen LogP contribution in [0.5, 0.6) is 0 Å². The SMILES string of the molecule is CNCC(CCOC(C)C)C1CCS(=O)(=O)C1. The molecule has 17 heavy (non-hydrogen) atoms. The number of sulfone groups is 1. The van der Waals surface area contributed by atoms with Crippen LogP contribution in [0.4, 0.5) is 0 Å². The molecule has 1 aliphatic heterocycles. The molecule has 1 N–H and O–H groups in total. The van der Waals surface area contributed by atoms with Gasteiger partial charge in [0.15, 0.2) is 9.84 Å². The topological polar surface area (TPSA) is 55.4 Å². The van der Waals surface area contributed by atoms with Gasteiger partial charge in [-0.25, -0.2) is 8.42 Å². The molecule has 0 radical (unpaired) electrons. The minimum Gasteiger partial charge on any atom is -0.379 e. The van der Waals surface area contributed by atoms with Crippen molar-refractivity contribution < 1.29 is 13.2 Å². The quantitative estimate of drug-likeness (QED) is 0.746. The first-order valence-electron chi connectivity index (χ1n) is 6.41. The Morgan fingerprint density at radius 2 is 2.12 bits per heavy atom. The van der Waals surface area contributed by atoms with Crippen LogP contribution in [-0.4, -0.2) is 46.2 Å². The molecule has 0 saturated carbocycles. The number of hydrogen-bond acceptors (Lipinski definition) is 4. The van der Waals surface area contributed by atoms with Gasteiger partial charge in [0.05, 0.1) is 17.6 Å². The van der Waals surface area contributed by atoms with Crippen LogP contribution in [0.15, 0.2) is 0 Å². The van der Waals surface area contributed by atoms with E-state index < -0.39 is 9.84 Å². The van der Waals surface area contributed by atoms with Gasteiger partial charge in [-0.1, -0.05) is 0 Å². The maximum absolute atomic E-state index is 11.5. The van der Waals surface area contributed by atoms with Crippen LogP contribution in [0.25, 0.3) is 0 Å². The molecule has 1 fully saturated rings. The van der Waals surface area contributed by atoms with Gasteiger partial charge in [-0.3, -0.25) is 0 Å². The van der Waals surface area contributed by atoms with E-state index in [1.807, 2.05) is 20.9 Å². The zero-order valence-corrected chi connectivity index (χ0v) is 11.9. The zero-order chi connectivity index (χ0) is 12.9. The molecule has 0 amide bonds. The molecule has 5 heteroatoms. The predicted molar refractivity (Wildman–Crippen MR) is 69.9 cm³/mol. The lowest BCUT2D eigenvalue weighted by Gasteiger charge is -2.22. The molecular weight excluding hydrogens is 238 g/mol. The molecule has 1 heterocycles. The Hall–Kier alpha value is -0.130. The average molecular weight is 263 g/mol. The van der Waals surface area contributed by atoms with Crippen LogP contribution in [0.2, 0.25) is 0 Å². The van der Waals surface area contributed by atoms with Crippen LogP contribution < -0.4 is 5.32 Å². The number of rotatable bonds is 7. The van der Waals surface area contributed by atoms with Crippen molar-refractivity contribution in [1.29, 1.82) is 0 Å². The van der Waals surface area contributed by atoms with Gasteiger partial charge in [0, 0.05) is 6.61 Å². The van der Waals surface area contributed by atoms with Gasteiger partial charge in [0.2, 0.25) is 0 Å². The summed E-state index contributed by atoms with van der Waals surface area (Å²) in [6, 6.07) is 0. The molecule has 0 spiro atoms. The third-order valence-corrected chi connectivity index (χ3v) is 5.13. The fraction of sp³-hybridized carbons (Fsp3) is 1.00. The third kappa shape index (κ3) is 5.36. The highest BCUT2D eigenvalue weighted by molar-refractivity contribution is 7.91. The van der Waals surface area contributed by atoms with Crippen molar-refractivity contribution in [2.24, 2.45) is 11.8 Å². The fourth-order valence-electron chi connectivity index (χ4n) is 2.42. The van der Waals surface area contributed by atoms with Gasteiger partial charge in [-0.2, -0.15) is 0 Å². The highest BCUT2D eigenvalue weighted by atomic mass is 32.2. The van der Waals surface area contributed by atoms with E-state index in [2.05, 4.69) is 5.32 Å². The Kier molecular flexibility index (Phi) is 5.89. The summed E-state index contributed by atoms with van der Waals surface area (Å²) in [5.41, 5.74) is 0. The lowest BCUT2D eigenvalue weighted by Crippen LogP contribution is -2.28. The molecule has 0 aliphatic carbocycles. The minimum absolute atomic E-state index is 0.248. The molecule has 0 bridgehead atoms. The maximum atomic E-state index is 11.5. The number of nitrogens with one attached hydrogen (secondary N) is 1. The lowest BCUT2D eigenvalue weighted by molar-refractivity contribution is 0.0636. The van der Waals surface area contributed by atoms with Gasteiger partial charge in [0.1, 0.15) is 0 Å². The summed E-state index contributed by atoms with van der Waals surface area (Å²) < 4.78 is 28.5. The van der Waals surface area contributed by atoms with E-state index in [0.717, 1.165) is 26.0 Å². The summed E-state index contributed by atoms with van der Waals surface area (Å²) in [6.45, 7) is 5.64. The second-order valence-corrected chi connectivity index (χ2v) is 7.42. The van der Waals surface area contributed by atoms with Gasteiger partial charge in [0.25, 0.3) is 0 Å². The van der Waals surface area contributed by atoms with Crippen LogP contribution in [-0.2, 0) is 14.6 Å². The summed E-state index contributed by atoms with van der Waals surface area (Å²) in [5, 5.41) is 3.16. The normalized spacial score (nSPS) is 25.3. The van der Waals surface area contributed by atoms with E-state index >= 15 is 0 Å². The fourth-order valence-corrected chi connectivity index (χ4v) is 4.34. The molecule has 1 saturated heterocycles. The molecule has 0 aromatic carbocycles. The Balaban J connectivity index is 2.43. The molecule has 0 aromatic heterocycles. The highest BCUT2D eigenvalue weighted by Gasteiger charge is 2.33. The van der Waals surface area contributed by atoms with E-state index in [1.165, 1.54) is 0 Å². The van der Waals surface area contributed by atoms with Gasteiger partial charge >= 0.3 is 0 Å². The zero-order valence-electron chi connectivity index (χ0n) is 11.1.